The van der Waals surface area contributed by atoms with Gasteiger partial charge >= 0.3 is 6.03 Å². The second-order valence-corrected chi connectivity index (χ2v) is 5.58. The number of anilines is 1. The fourth-order valence-electron chi connectivity index (χ4n) is 2.24. The lowest BCUT2D eigenvalue weighted by Gasteiger charge is -2.22. The summed E-state index contributed by atoms with van der Waals surface area (Å²) >= 11 is 0. The van der Waals surface area contributed by atoms with Crippen molar-refractivity contribution in [2.24, 2.45) is 0 Å². The predicted octanol–water partition coefficient (Wildman–Crippen LogP) is 2.93. The van der Waals surface area contributed by atoms with Crippen LogP contribution in [0.3, 0.4) is 0 Å². The van der Waals surface area contributed by atoms with Gasteiger partial charge in [0.25, 0.3) is 5.91 Å². The van der Waals surface area contributed by atoms with Crippen LogP contribution in [0, 0.1) is 11.3 Å². The van der Waals surface area contributed by atoms with Gasteiger partial charge in [-0.1, -0.05) is 12.1 Å². The van der Waals surface area contributed by atoms with Crippen molar-refractivity contribution in [2.45, 2.75) is 13.0 Å². The summed E-state index contributed by atoms with van der Waals surface area (Å²) in [5, 5.41) is 11.6. The van der Waals surface area contributed by atoms with E-state index in [0.717, 1.165) is 0 Å². The first kappa shape index (κ1) is 18.1. The van der Waals surface area contributed by atoms with Crippen LogP contribution in [0.2, 0.25) is 0 Å². The minimum Gasteiger partial charge on any atom is -0.467 e. The van der Waals surface area contributed by atoms with Gasteiger partial charge in [-0.05, 0) is 24.3 Å². The number of benzene rings is 1. The normalized spacial score (nSPS) is 9.96. The third kappa shape index (κ3) is 4.85. The van der Waals surface area contributed by atoms with Crippen molar-refractivity contribution < 1.29 is 14.0 Å². The Morgan fingerprint density at radius 2 is 1.96 bits per heavy atom. The van der Waals surface area contributed by atoms with Crippen molar-refractivity contribution in [3.8, 4) is 6.07 Å². The molecule has 1 heterocycles. The Morgan fingerprint density at radius 1 is 1.20 bits per heavy atom. The van der Waals surface area contributed by atoms with E-state index in [1.165, 1.54) is 16.1 Å². The zero-order chi connectivity index (χ0) is 18.2. The second-order valence-electron chi connectivity index (χ2n) is 5.58. The molecule has 130 valence electrons. The van der Waals surface area contributed by atoms with Crippen LogP contribution in [0.15, 0.2) is 47.1 Å². The molecule has 0 saturated heterocycles. The number of nitrogens with one attached hydrogen (secondary N) is 1. The van der Waals surface area contributed by atoms with Gasteiger partial charge in [-0.15, -0.1) is 0 Å². The molecular weight excluding hydrogens is 320 g/mol. The molecular formula is C18H20N4O3. The number of furan rings is 1. The van der Waals surface area contributed by atoms with Gasteiger partial charge in [0, 0.05) is 20.6 Å². The fraction of sp³-hybridized carbons (Fsp3) is 0.278. The van der Waals surface area contributed by atoms with Crippen molar-refractivity contribution in [2.75, 3.05) is 26.0 Å². The first-order chi connectivity index (χ1) is 12.0. The molecule has 0 aliphatic carbocycles. The van der Waals surface area contributed by atoms with Crippen molar-refractivity contribution in [1.29, 1.82) is 5.26 Å². The van der Waals surface area contributed by atoms with E-state index in [-0.39, 0.29) is 25.4 Å². The molecule has 0 fully saturated rings. The zero-order valence-electron chi connectivity index (χ0n) is 14.2. The standard InChI is InChI=1S/C18H20N4O3/c1-21(2)17(23)15-8-3-4-9-16(15)20-18(24)22(11-6-10-19)13-14-7-5-12-25-14/h3-5,7-9,12H,6,11,13H2,1-2H3,(H,20,24). The first-order valence-electron chi connectivity index (χ1n) is 7.79. The third-order valence-corrected chi connectivity index (χ3v) is 3.51. The van der Waals surface area contributed by atoms with Gasteiger partial charge in [-0.25, -0.2) is 4.79 Å². The van der Waals surface area contributed by atoms with Crippen LogP contribution in [-0.2, 0) is 6.54 Å². The van der Waals surface area contributed by atoms with Gasteiger partial charge < -0.3 is 19.5 Å². The fourth-order valence-corrected chi connectivity index (χ4v) is 2.24. The number of rotatable bonds is 6. The molecule has 25 heavy (non-hydrogen) atoms. The molecule has 0 bridgehead atoms. The summed E-state index contributed by atoms with van der Waals surface area (Å²) in [4.78, 5) is 27.8. The largest absolute Gasteiger partial charge is 0.467 e. The Hall–Kier alpha value is -3.27. The van der Waals surface area contributed by atoms with Crippen molar-refractivity contribution in [1.82, 2.24) is 9.80 Å². The van der Waals surface area contributed by atoms with E-state index in [1.54, 1.807) is 50.5 Å². The summed E-state index contributed by atoms with van der Waals surface area (Å²) in [7, 11) is 3.30. The number of hydrogen-bond acceptors (Lipinski definition) is 4. The Morgan fingerprint density at radius 3 is 2.60 bits per heavy atom. The topological polar surface area (TPSA) is 89.6 Å². The first-order valence-corrected chi connectivity index (χ1v) is 7.79. The monoisotopic (exact) mass is 340 g/mol. The van der Waals surface area contributed by atoms with Gasteiger partial charge in [-0.3, -0.25) is 4.79 Å². The molecule has 0 atom stereocenters. The molecule has 0 aliphatic rings. The van der Waals surface area contributed by atoms with Gasteiger partial charge in [0.15, 0.2) is 0 Å². The molecule has 0 unspecified atom stereocenters. The van der Waals surface area contributed by atoms with Crippen LogP contribution in [0.5, 0.6) is 0 Å². The highest BCUT2D eigenvalue weighted by Gasteiger charge is 2.19. The summed E-state index contributed by atoms with van der Waals surface area (Å²) in [6.45, 7) is 0.497. The van der Waals surface area contributed by atoms with Crippen LogP contribution in [0.4, 0.5) is 10.5 Å². The molecule has 1 aromatic heterocycles. The summed E-state index contributed by atoms with van der Waals surface area (Å²) in [5.74, 6) is 0.413. The Kier molecular flexibility index (Phi) is 6.18. The van der Waals surface area contributed by atoms with Crippen LogP contribution in [-0.4, -0.2) is 42.4 Å². The number of nitrogens with zero attached hydrogens (tertiary/aromatic N) is 3. The molecule has 2 rings (SSSR count). The lowest BCUT2D eigenvalue weighted by molar-refractivity contribution is 0.0828. The summed E-state index contributed by atoms with van der Waals surface area (Å²) in [5.41, 5.74) is 0.826. The molecule has 1 N–H and O–H groups in total. The Labute approximate surface area is 146 Å². The molecule has 0 radical (unpaired) electrons. The predicted molar refractivity (Wildman–Crippen MR) is 92.8 cm³/mol. The summed E-state index contributed by atoms with van der Waals surface area (Å²) < 4.78 is 5.27. The summed E-state index contributed by atoms with van der Waals surface area (Å²) in [6, 6.07) is 11.9. The van der Waals surface area contributed by atoms with Crippen molar-refractivity contribution in [3.05, 3.63) is 54.0 Å². The van der Waals surface area contributed by atoms with E-state index >= 15 is 0 Å². The Bertz CT molecular complexity index is 763. The number of urea groups is 1. The van der Waals surface area contributed by atoms with E-state index in [4.69, 9.17) is 9.68 Å². The number of amides is 3. The minimum absolute atomic E-state index is 0.201. The minimum atomic E-state index is -0.398. The molecule has 7 nitrogen and oxygen atoms in total. The average Bonchev–Trinajstić information content (AvgIpc) is 3.11. The zero-order valence-corrected chi connectivity index (χ0v) is 14.2. The maximum absolute atomic E-state index is 12.6. The maximum Gasteiger partial charge on any atom is 0.322 e. The quantitative estimate of drug-likeness (QED) is 0.875. The molecule has 1 aromatic carbocycles. The third-order valence-electron chi connectivity index (χ3n) is 3.51. The van der Waals surface area contributed by atoms with Crippen molar-refractivity contribution >= 4 is 17.6 Å². The number of carbonyl (C=O) groups is 2. The van der Waals surface area contributed by atoms with E-state index in [0.29, 0.717) is 17.0 Å². The van der Waals surface area contributed by atoms with Gasteiger partial charge in [0.2, 0.25) is 0 Å². The lowest BCUT2D eigenvalue weighted by atomic mass is 10.1. The number of nitriles is 1. The van der Waals surface area contributed by atoms with E-state index in [2.05, 4.69) is 5.32 Å². The second kappa shape index (κ2) is 8.55. The molecule has 2 aromatic rings. The SMILES string of the molecule is CN(C)C(=O)c1ccccc1NC(=O)N(CCC#N)Cc1ccco1. The van der Waals surface area contributed by atoms with E-state index in [9.17, 15) is 9.59 Å². The van der Waals surface area contributed by atoms with Crippen LogP contribution >= 0.6 is 0 Å². The number of hydrogen-bond donors (Lipinski definition) is 1. The highest BCUT2D eigenvalue weighted by atomic mass is 16.3. The average molecular weight is 340 g/mol. The maximum atomic E-state index is 12.6. The van der Waals surface area contributed by atoms with Crippen LogP contribution in [0.1, 0.15) is 22.5 Å². The molecule has 0 spiro atoms. The van der Waals surface area contributed by atoms with Gasteiger partial charge in [-0.2, -0.15) is 5.26 Å². The van der Waals surface area contributed by atoms with Gasteiger partial charge in [0.05, 0.1) is 36.5 Å². The number of para-hydroxylation sites is 1. The van der Waals surface area contributed by atoms with Gasteiger partial charge in [0.1, 0.15) is 5.76 Å². The van der Waals surface area contributed by atoms with E-state index < -0.39 is 6.03 Å². The highest BCUT2D eigenvalue weighted by Crippen LogP contribution is 2.18. The molecule has 0 aliphatic heterocycles. The van der Waals surface area contributed by atoms with Crippen LogP contribution in [0.25, 0.3) is 0 Å². The summed E-state index contributed by atoms with van der Waals surface area (Å²) in [6.07, 6.45) is 1.73. The Balaban J connectivity index is 2.17. The molecule has 7 heteroatoms. The molecule has 3 amide bonds. The highest BCUT2D eigenvalue weighted by molar-refractivity contribution is 6.03. The lowest BCUT2D eigenvalue weighted by Crippen LogP contribution is -2.35. The van der Waals surface area contributed by atoms with E-state index in [1.807, 2.05) is 6.07 Å². The number of carbonyl (C=O) groups excluding carboxylic acids is 2. The smallest absolute Gasteiger partial charge is 0.322 e. The van der Waals surface area contributed by atoms with Crippen LogP contribution < -0.4 is 5.32 Å². The molecule has 0 saturated carbocycles. The van der Waals surface area contributed by atoms with Crippen molar-refractivity contribution in [3.63, 3.8) is 0 Å².